The summed E-state index contributed by atoms with van der Waals surface area (Å²) in [5.41, 5.74) is 2.36. The van der Waals surface area contributed by atoms with E-state index in [9.17, 15) is 0 Å². The fraction of sp³-hybridized carbons (Fsp3) is 0.286. The Balaban J connectivity index is 1.65. The van der Waals surface area contributed by atoms with E-state index in [0.717, 1.165) is 42.4 Å². The van der Waals surface area contributed by atoms with E-state index in [-0.39, 0.29) is 6.10 Å². The molecule has 136 valence electrons. The molecule has 4 nitrogen and oxygen atoms in total. The molecule has 5 heteroatoms. The van der Waals surface area contributed by atoms with Gasteiger partial charge in [0.25, 0.3) is 0 Å². The van der Waals surface area contributed by atoms with Crippen molar-refractivity contribution in [3.8, 4) is 5.75 Å². The predicted octanol–water partition coefficient (Wildman–Crippen LogP) is 5.05. The molecule has 2 aromatic carbocycles. The minimum atomic E-state index is 0.0601. The van der Waals surface area contributed by atoms with Crippen LogP contribution in [0.2, 0.25) is 5.02 Å². The van der Waals surface area contributed by atoms with E-state index < -0.39 is 0 Å². The highest BCUT2D eigenvalue weighted by Crippen LogP contribution is 2.20. The van der Waals surface area contributed by atoms with Gasteiger partial charge in [-0.05, 0) is 61.7 Å². The summed E-state index contributed by atoms with van der Waals surface area (Å²) < 4.78 is 8.32. The van der Waals surface area contributed by atoms with Crippen molar-refractivity contribution in [2.24, 2.45) is 0 Å². The lowest BCUT2D eigenvalue weighted by molar-refractivity contribution is 0.170. The van der Waals surface area contributed by atoms with Crippen molar-refractivity contribution in [1.82, 2.24) is 9.55 Å². The van der Waals surface area contributed by atoms with Crippen molar-refractivity contribution in [1.29, 1.82) is 0 Å². The maximum Gasteiger partial charge on any atom is 0.119 e. The molecule has 26 heavy (non-hydrogen) atoms. The van der Waals surface area contributed by atoms with Crippen LogP contribution in [0.5, 0.6) is 5.75 Å². The van der Waals surface area contributed by atoms with Crippen molar-refractivity contribution >= 4 is 17.3 Å². The lowest BCUT2D eigenvalue weighted by atomic mass is 10.1. The first-order valence-corrected chi connectivity index (χ1v) is 9.31. The molecule has 1 heterocycles. The summed E-state index contributed by atoms with van der Waals surface area (Å²) in [5, 5.41) is 4.06. The number of benzene rings is 2. The number of aromatic nitrogens is 2. The summed E-state index contributed by atoms with van der Waals surface area (Å²) in [6, 6.07) is 16.1. The highest BCUT2D eigenvalue weighted by Gasteiger charge is 2.12. The second-order valence-corrected chi connectivity index (χ2v) is 6.66. The van der Waals surface area contributed by atoms with Gasteiger partial charge >= 0.3 is 0 Å². The highest BCUT2D eigenvalue weighted by atomic mass is 35.5. The van der Waals surface area contributed by atoms with Gasteiger partial charge in [-0.15, -0.1) is 0 Å². The zero-order valence-electron chi connectivity index (χ0n) is 14.9. The first kappa shape index (κ1) is 18.3. The van der Waals surface area contributed by atoms with E-state index >= 15 is 0 Å². The van der Waals surface area contributed by atoms with Crippen LogP contribution in [0.15, 0.2) is 67.3 Å². The maximum absolute atomic E-state index is 6.26. The molecule has 1 aromatic heterocycles. The minimum Gasteiger partial charge on any atom is -0.489 e. The fourth-order valence-corrected chi connectivity index (χ4v) is 2.97. The van der Waals surface area contributed by atoms with Gasteiger partial charge < -0.3 is 14.6 Å². The SMILES string of the molecule is CCNc1ccc(OC(CCc2ccc(Cl)cc2)Cn2ccnc2)cc1. The van der Waals surface area contributed by atoms with Gasteiger partial charge in [-0.25, -0.2) is 4.98 Å². The molecule has 0 fully saturated rings. The van der Waals surface area contributed by atoms with Crippen molar-refractivity contribution < 1.29 is 4.74 Å². The molecule has 0 aliphatic carbocycles. The molecule has 0 radical (unpaired) electrons. The van der Waals surface area contributed by atoms with Crippen LogP contribution in [0, 0.1) is 0 Å². The average molecular weight is 370 g/mol. The molecular formula is C21H24ClN3O. The van der Waals surface area contributed by atoms with Crippen LogP contribution in [-0.2, 0) is 13.0 Å². The molecule has 0 aliphatic rings. The molecule has 0 saturated heterocycles. The van der Waals surface area contributed by atoms with Gasteiger partial charge in [0.1, 0.15) is 11.9 Å². The Morgan fingerprint density at radius 1 is 1.12 bits per heavy atom. The van der Waals surface area contributed by atoms with Crippen LogP contribution in [0.4, 0.5) is 5.69 Å². The topological polar surface area (TPSA) is 39.1 Å². The molecule has 3 rings (SSSR count). The van der Waals surface area contributed by atoms with Crippen LogP contribution in [0.3, 0.4) is 0 Å². The Morgan fingerprint density at radius 2 is 1.88 bits per heavy atom. The van der Waals surface area contributed by atoms with Crippen molar-refractivity contribution in [2.75, 3.05) is 11.9 Å². The zero-order chi connectivity index (χ0) is 18.2. The summed E-state index contributed by atoms with van der Waals surface area (Å²) in [6.07, 6.45) is 7.49. The number of halogens is 1. The van der Waals surface area contributed by atoms with Gasteiger partial charge in [0, 0.05) is 29.6 Å². The number of ether oxygens (including phenoxy) is 1. The molecule has 3 aromatic rings. The van der Waals surface area contributed by atoms with Crippen molar-refractivity contribution in [2.45, 2.75) is 32.4 Å². The van der Waals surface area contributed by atoms with Gasteiger partial charge in [-0.2, -0.15) is 0 Å². The van der Waals surface area contributed by atoms with Gasteiger partial charge in [0.15, 0.2) is 0 Å². The number of aryl methyl sites for hydroxylation is 1. The van der Waals surface area contributed by atoms with E-state index in [1.807, 2.05) is 48.9 Å². The number of hydrogen-bond acceptors (Lipinski definition) is 3. The zero-order valence-corrected chi connectivity index (χ0v) is 15.7. The fourth-order valence-electron chi connectivity index (χ4n) is 2.84. The Hall–Kier alpha value is -2.46. The third-order valence-electron chi connectivity index (χ3n) is 4.18. The molecule has 1 N–H and O–H groups in total. The van der Waals surface area contributed by atoms with Crippen LogP contribution < -0.4 is 10.1 Å². The van der Waals surface area contributed by atoms with Gasteiger partial charge in [0.05, 0.1) is 12.9 Å². The largest absolute Gasteiger partial charge is 0.489 e. The smallest absolute Gasteiger partial charge is 0.119 e. The van der Waals surface area contributed by atoms with E-state index in [2.05, 4.69) is 33.9 Å². The monoisotopic (exact) mass is 369 g/mol. The molecule has 0 amide bonds. The van der Waals surface area contributed by atoms with Gasteiger partial charge in [-0.1, -0.05) is 23.7 Å². The lowest BCUT2D eigenvalue weighted by Crippen LogP contribution is -2.23. The Bertz CT molecular complexity index is 770. The number of rotatable bonds is 9. The third-order valence-corrected chi connectivity index (χ3v) is 4.43. The molecule has 0 spiro atoms. The number of imidazole rings is 1. The normalized spacial score (nSPS) is 11.9. The Morgan fingerprint density at radius 3 is 2.54 bits per heavy atom. The molecule has 1 unspecified atom stereocenters. The van der Waals surface area contributed by atoms with Gasteiger partial charge in [-0.3, -0.25) is 0 Å². The quantitative estimate of drug-likeness (QED) is 0.573. The Kier molecular flexibility index (Phi) is 6.56. The summed E-state index contributed by atoms with van der Waals surface area (Å²) >= 11 is 5.97. The molecule has 0 aliphatic heterocycles. The van der Waals surface area contributed by atoms with Gasteiger partial charge in [0.2, 0.25) is 0 Å². The minimum absolute atomic E-state index is 0.0601. The van der Waals surface area contributed by atoms with E-state index in [4.69, 9.17) is 16.3 Å². The van der Waals surface area contributed by atoms with Crippen molar-refractivity contribution in [3.63, 3.8) is 0 Å². The maximum atomic E-state index is 6.26. The van der Waals surface area contributed by atoms with E-state index in [1.54, 1.807) is 6.20 Å². The molecular weight excluding hydrogens is 346 g/mol. The molecule has 0 saturated carbocycles. The van der Waals surface area contributed by atoms with Crippen LogP contribution in [-0.4, -0.2) is 22.2 Å². The lowest BCUT2D eigenvalue weighted by Gasteiger charge is -2.20. The first-order valence-electron chi connectivity index (χ1n) is 8.93. The average Bonchev–Trinajstić information content (AvgIpc) is 3.16. The van der Waals surface area contributed by atoms with E-state index in [1.165, 1.54) is 5.56 Å². The van der Waals surface area contributed by atoms with E-state index in [0.29, 0.717) is 0 Å². The number of nitrogens with zero attached hydrogens (tertiary/aromatic N) is 2. The van der Waals surface area contributed by atoms with Crippen LogP contribution >= 0.6 is 11.6 Å². The highest BCUT2D eigenvalue weighted by molar-refractivity contribution is 6.30. The number of nitrogens with one attached hydrogen (secondary N) is 1. The second-order valence-electron chi connectivity index (χ2n) is 6.22. The second kappa shape index (κ2) is 9.30. The summed E-state index contributed by atoms with van der Waals surface area (Å²) in [4.78, 5) is 4.13. The number of hydrogen-bond donors (Lipinski definition) is 1. The summed E-state index contributed by atoms with van der Waals surface area (Å²) in [7, 11) is 0. The number of anilines is 1. The first-order chi connectivity index (χ1) is 12.7. The van der Waals surface area contributed by atoms with Crippen LogP contribution in [0.25, 0.3) is 0 Å². The summed E-state index contributed by atoms with van der Waals surface area (Å²) in [5.74, 6) is 0.882. The van der Waals surface area contributed by atoms with Crippen LogP contribution in [0.1, 0.15) is 18.9 Å². The molecule has 0 bridgehead atoms. The third kappa shape index (κ3) is 5.53. The predicted molar refractivity (Wildman–Crippen MR) is 107 cm³/mol. The molecule has 1 atom stereocenters. The summed E-state index contributed by atoms with van der Waals surface area (Å²) in [6.45, 7) is 3.76. The standard InChI is InChI=1S/C21H24ClN3O/c1-2-24-19-8-11-20(12-9-19)26-21(15-25-14-13-23-16-25)10-5-17-3-6-18(22)7-4-17/h3-4,6-9,11-14,16,21,24H,2,5,10,15H2,1H3. The van der Waals surface area contributed by atoms with Crippen molar-refractivity contribution in [3.05, 3.63) is 77.8 Å². The Labute approximate surface area is 159 Å².